The van der Waals surface area contributed by atoms with E-state index in [-0.39, 0.29) is 12.2 Å². The quantitative estimate of drug-likeness (QED) is 0.369. The van der Waals surface area contributed by atoms with Gasteiger partial charge in [0.05, 0.1) is 46.6 Å². The molecule has 1 aliphatic carbocycles. The lowest BCUT2D eigenvalue weighted by Gasteiger charge is -2.28. The molecule has 37 heavy (non-hydrogen) atoms. The summed E-state index contributed by atoms with van der Waals surface area (Å²) < 4.78 is 30.7. The van der Waals surface area contributed by atoms with Gasteiger partial charge in [-0.1, -0.05) is 17.9 Å². The van der Waals surface area contributed by atoms with Gasteiger partial charge in [0.15, 0.2) is 5.75 Å². The van der Waals surface area contributed by atoms with Gasteiger partial charge in [0.1, 0.15) is 18.4 Å². The molecule has 0 bridgehead atoms. The number of nitrogen functional groups attached to an aromatic ring is 1. The van der Waals surface area contributed by atoms with E-state index >= 15 is 0 Å². The van der Waals surface area contributed by atoms with Crippen LogP contribution in [0.4, 0.5) is 11.4 Å². The molecule has 3 heterocycles. The van der Waals surface area contributed by atoms with Gasteiger partial charge in [-0.05, 0) is 43.4 Å². The van der Waals surface area contributed by atoms with Crippen molar-refractivity contribution in [3.63, 3.8) is 0 Å². The van der Waals surface area contributed by atoms with Gasteiger partial charge in [0.2, 0.25) is 10.0 Å². The van der Waals surface area contributed by atoms with Gasteiger partial charge in [0.25, 0.3) is 0 Å². The van der Waals surface area contributed by atoms with Crippen molar-refractivity contribution in [1.29, 1.82) is 0 Å². The highest BCUT2D eigenvalue weighted by atomic mass is 32.2. The Morgan fingerprint density at radius 3 is 2.76 bits per heavy atom. The minimum atomic E-state index is -3.68. The van der Waals surface area contributed by atoms with E-state index in [1.54, 1.807) is 23.0 Å². The van der Waals surface area contributed by atoms with E-state index in [4.69, 9.17) is 15.6 Å². The molecule has 2 aliphatic rings. The number of ether oxygens (including phenoxy) is 1. The lowest BCUT2D eigenvalue weighted by atomic mass is 10.0. The van der Waals surface area contributed by atoms with Crippen LogP contribution >= 0.6 is 0 Å². The number of anilines is 2. The molecule has 1 aromatic carbocycles. The minimum Gasteiger partial charge on any atom is -0.488 e. The third kappa shape index (κ3) is 4.73. The highest BCUT2D eigenvalue weighted by Gasteiger charge is 2.43. The number of aromatic nitrogens is 2. The Hall–Kier alpha value is -3.30. The molecular weight excluding hydrogens is 494 g/mol. The summed E-state index contributed by atoms with van der Waals surface area (Å²) in [6, 6.07) is 5.21. The van der Waals surface area contributed by atoms with Crippen LogP contribution in [-0.2, 0) is 10.0 Å². The molecule has 1 saturated carbocycles. The van der Waals surface area contributed by atoms with Crippen molar-refractivity contribution in [3.8, 4) is 17.6 Å². The number of aliphatic hydroxyl groups is 2. The van der Waals surface area contributed by atoms with Crippen molar-refractivity contribution in [2.75, 3.05) is 36.6 Å². The van der Waals surface area contributed by atoms with Crippen LogP contribution in [-0.4, -0.2) is 66.3 Å². The van der Waals surface area contributed by atoms with Gasteiger partial charge in [-0.3, -0.25) is 0 Å². The standard InChI is InChI=1S/C26H31N5O5S/c1-15-3-6-20-25(36-11-10-30(20)2)18(15)5-4-17-14-31(26-22(17)19(27)7-9-29-26)21-13-16(23(32)24(21)33)8-12-37(28,34)35/h3,6-7,9,14,16,21,23-24,32-33H,8,10-13H2,1-2H3,(H2,27,29)(H2,28,34,35)/t16-,21-,23-,24+/m1/s1. The normalized spacial score (nSPS) is 23.4. The van der Waals surface area contributed by atoms with Crippen LogP contribution in [0.25, 0.3) is 11.0 Å². The Morgan fingerprint density at radius 1 is 1.22 bits per heavy atom. The van der Waals surface area contributed by atoms with Crippen molar-refractivity contribution in [2.24, 2.45) is 11.1 Å². The van der Waals surface area contributed by atoms with Crippen LogP contribution in [0.3, 0.4) is 0 Å². The first kappa shape index (κ1) is 25.4. The number of hydrogen-bond acceptors (Lipinski definition) is 8. The molecule has 0 radical (unpaired) electrons. The molecule has 0 spiro atoms. The number of pyridine rings is 1. The first-order valence-corrected chi connectivity index (χ1v) is 13.9. The molecule has 6 N–H and O–H groups in total. The maximum Gasteiger partial charge on any atom is 0.209 e. The number of hydrogen-bond donors (Lipinski definition) is 4. The zero-order chi connectivity index (χ0) is 26.5. The fraction of sp³-hybridized carbons (Fsp3) is 0.423. The molecule has 10 nitrogen and oxygen atoms in total. The number of nitrogens with two attached hydrogens (primary N) is 2. The SMILES string of the molecule is Cc1ccc2c(c1C#Cc1cn([C@@H]3C[C@@H](CCS(N)(=O)=O)[C@@H](O)[C@H]3O)c3nccc(N)c13)OCCN2C. The maximum absolute atomic E-state index is 11.4. The van der Waals surface area contributed by atoms with E-state index in [2.05, 4.69) is 21.7 Å². The van der Waals surface area contributed by atoms with Gasteiger partial charge < -0.3 is 30.2 Å². The summed E-state index contributed by atoms with van der Waals surface area (Å²) >= 11 is 0. The molecule has 2 aromatic heterocycles. The number of nitrogens with zero attached hydrogens (tertiary/aromatic N) is 3. The topological polar surface area (TPSA) is 157 Å². The fourth-order valence-corrected chi connectivity index (χ4v) is 5.97. The number of sulfonamides is 1. The Morgan fingerprint density at radius 2 is 2.00 bits per heavy atom. The number of primary sulfonamides is 1. The second-order valence-electron chi connectivity index (χ2n) is 9.87. The Labute approximate surface area is 215 Å². The molecule has 0 unspecified atom stereocenters. The Kier molecular flexibility index (Phi) is 6.53. The first-order valence-electron chi connectivity index (χ1n) is 12.2. The molecule has 0 saturated heterocycles. The smallest absolute Gasteiger partial charge is 0.209 e. The van der Waals surface area contributed by atoms with Crippen molar-refractivity contribution < 1.29 is 23.4 Å². The lowest BCUT2D eigenvalue weighted by molar-refractivity contribution is 0.00631. The second-order valence-corrected chi connectivity index (χ2v) is 11.6. The molecule has 4 atom stereocenters. The highest BCUT2D eigenvalue weighted by Crippen LogP contribution is 2.40. The van der Waals surface area contributed by atoms with E-state index in [0.29, 0.717) is 35.3 Å². The number of likely N-dealkylation sites (N-methyl/N-ethyl adjacent to an activating group) is 1. The largest absolute Gasteiger partial charge is 0.488 e. The van der Waals surface area contributed by atoms with E-state index in [0.717, 1.165) is 29.1 Å². The molecule has 1 fully saturated rings. The van der Waals surface area contributed by atoms with E-state index in [9.17, 15) is 18.6 Å². The molecule has 196 valence electrons. The Balaban J connectivity index is 1.55. The predicted octanol–water partition coefficient (Wildman–Crippen LogP) is 1.12. The molecule has 0 amide bonds. The highest BCUT2D eigenvalue weighted by molar-refractivity contribution is 7.89. The van der Waals surface area contributed by atoms with Crippen LogP contribution in [0.2, 0.25) is 0 Å². The van der Waals surface area contributed by atoms with Crippen molar-refractivity contribution >= 4 is 32.4 Å². The van der Waals surface area contributed by atoms with Gasteiger partial charge in [-0.25, -0.2) is 18.5 Å². The predicted molar refractivity (Wildman–Crippen MR) is 142 cm³/mol. The average Bonchev–Trinajstić information content (AvgIpc) is 3.35. The molecule has 1 aliphatic heterocycles. The van der Waals surface area contributed by atoms with Gasteiger partial charge in [-0.15, -0.1) is 0 Å². The van der Waals surface area contributed by atoms with E-state index < -0.39 is 34.2 Å². The van der Waals surface area contributed by atoms with Crippen LogP contribution in [0.1, 0.15) is 35.6 Å². The number of aliphatic hydroxyl groups excluding tert-OH is 2. The molecule has 3 aromatic rings. The first-order chi connectivity index (χ1) is 17.5. The minimum absolute atomic E-state index is 0.155. The summed E-state index contributed by atoms with van der Waals surface area (Å²) in [7, 11) is -1.66. The monoisotopic (exact) mass is 525 g/mol. The van der Waals surface area contributed by atoms with E-state index in [1.807, 2.05) is 26.1 Å². The zero-order valence-corrected chi connectivity index (χ0v) is 21.6. The average molecular weight is 526 g/mol. The summed E-state index contributed by atoms with van der Waals surface area (Å²) in [5, 5.41) is 27.3. The van der Waals surface area contributed by atoms with E-state index in [1.165, 1.54) is 0 Å². The fourth-order valence-electron chi connectivity index (χ4n) is 5.33. The van der Waals surface area contributed by atoms with Crippen molar-refractivity contribution in [1.82, 2.24) is 9.55 Å². The lowest BCUT2D eigenvalue weighted by Crippen LogP contribution is -2.30. The van der Waals surface area contributed by atoms with Crippen molar-refractivity contribution in [3.05, 3.63) is 47.3 Å². The number of rotatable bonds is 4. The number of aryl methyl sites for hydroxylation is 1. The molecule has 5 rings (SSSR count). The molecular formula is C26H31N5O5S. The number of benzene rings is 1. The van der Waals surface area contributed by atoms with Crippen LogP contribution in [0, 0.1) is 24.7 Å². The maximum atomic E-state index is 11.4. The van der Waals surface area contributed by atoms with Crippen LogP contribution < -0.4 is 20.5 Å². The van der Waals surface area contributed by atoms with Crippen molar-refractivity contribution in [2.45, 2.75) is 38.0 Å². The Bertz CT molecular complexity index is 1520. The van der Waals surface area contributed by atoms with Gasteiger partial charge in [-0.2, -0.15) is 0 Å². The van der Waals surface area contributed by atoms with Gasteiger partial charge >= 0.3 is 0 Å². The van der Waals surface area contributed by atoms with Crippen LogP contribution in [0.5, 0.6) is 5.75 Å². The second kappa shape index (κ2) is 9.54. The van der Waals surface area contributed by atoms with Crippen LogP contribution in [0.15, 0.2) is 30.6 Å². The summed E-state index contributed by atoms with van der Waals surface area (Å²) in [5.74, 6) is 6.58. The number of fused-ring (bicyclic) bond motifs is 2. The third-order valence-electron chi connectivity index (χ3n) is 7.40. The summed E-state index contributed by atoms with van der Waals surface area (Å²) in [6.07, 6.45) is 1.69. The summed E-state index contributed by atoms with van der Waals surface area (Å²) in [6.45, 7) is 3.36. The zero-order valence-electron chi connectivity index (χ0n) is 20.8. The van der Waals surface area contributed by atoms with Gasteiger partial charge in [0, 0.05) is 25.1 Å². The summed E-state index contributed by atoms with van der Waals surface area (Å²) in [5.41, 5.74) is 10.8. The summed E-state index contributed by atoms with van der Waals surface area (Å²) in [4.78, 5) is 6.64. The molecule has 11 heteroatoms. The third-order valence-corrected chi connectivity index (χ3v) is 8.20.